The molecule has 0 spiro atoms. The molecule has 1 aliphatic rings. The molecule has 138 valence electrons. The zero-order valence-corrected chi connectivity index (χ0v) is 15.8. The van der Waals surface area contributed by atoms with Gasteiger partial charge in [-0.25, -0.2) is 8.78 Å². The van der Waals surface area contributed by atoms with Crippen LogP contribution in [0.3, 0.4) is 0 Å². The van der Waals surface area contributed by atoms with E-state index in [1.54, 1.807) is 0 Å². The number of halogens is 3. The number of hydrogen-bond donors (Lipinski definition) is 1. The summed E-state index contributed by atoms with van der Waals surface area (Å²) in [5.41, 5.74) is 0.845. The van der Waals surface area contributed by atoms with Gasteiger partial charge in [-0.2, -0.15) is 0 Å². The van der Waals surface area contributed by atoms with E-state index in [9.17, 15) is 13.6 Å². The molecule has 2 aromatic rings. The first kappa shape index (κ1) is 19.0. The van der Waals surface area contributed by atoms with Gasteiger partial charge in [-0.3, -0.25) is 4.79 Å². The Morgan fingerprint density at radius 1 is 1.08 bits per heavy atom. The summed E-state index contributed by atoms with van der Waals surface area (Å²) in [6.45, 7) is 1.37. The molecule has 1 amide bonds. The Morgan fingerprint density at radius 3 is 2.31 bits per heavy atom. The summed E-state index contributed by atoms with van der Waals surface area (Å²) in [6.07, 6.45) is 1.58. The molecule has 1 saturated heterocycles. The maximum atomic E-state index is 13.3. The van der Waals surface area contributed by atoms with Crippen molar-refractivity contribution in [3.8, 4) is 0 Å². The first-order valence-electron chi connectivity index (χ1n) is 8.57. The number of hydrogen-bond acceptors (Lipinski definition) is 2. The number of ether oxygens (including phenoxy) is 1. The van der Waals surface area contributed by atoms with Gasteiger partial charge < -0.3 is 10.1 Å². The van der Waals surface area contributed by atoms with Crippen molar-refractivity contribution in [2.75, 3.05) is 19.8 Å². The first-order chi connectivity index (χ1) is 12.5. The Labute approximate surface area is 159 Å². The Morgan fingerprint density at radius 2 is 1.69 bits per heavy atom. The van der Waals surface area contributed by atoms with Crippen molar-refractivity contribution in [2.24, 2.45) is 0 Å². The Hall–Kier alpha value is -1.79. The summed E-state index contributed by atoms with van der Waals surface area (Å²) >= 11 is 3.42. The molecule has 0 aliphatic carbocycles. The van der Waals surface area contributed by atoms with E-state index >= 15 is 0 Å². The summed E-state index contributed by atoms with van der Waals surface area (Å²) in [5.74, 6) is -1.29. The van der Waals surface area contributed by atoms with E-state index < -0.39 is 17.0 Å². The fourth-order valence-corrected chi connectivity index (χ4v) is 3.64. The minimum Gasteiger partial charge on any atom is -0.381 e. The molecule has 0 saturated carbocycles. The quantitative estimate of drug-likeness (QED) is 0.784. The van der Waals surface area contributed by atoms with Gasteiger partial charge in [0.2, 0.25) is 5.91 Å². The van der Waals surface area contributed by atoms with Gasteiger partial charge in [-0.1, -0.05) is 28.1 Å². The molecule has 26 heavy (non-hydrogen) atoms. The second kappa shape index (κ2) is 8.27. The molecule has 1 N–H and O–H groups in total. The number of nitrogens with one attached hydrogen (secondary N) is 1. The third kappa shape index (κ3) is 4.30. The highest BCUT2D eigenvalue weighted by Crippen LogP contribution is 2.35. The molecule has 1 heterocycles. The highest BCUT2D eigenvalue weighted by Gasteiger charge is 2.41. The minimum atomic E-state index is -0.633. The minimum absolute atomic E-state index is 0.0694. The van der Waals surface area contributed by atoms with Crippen LogP contribution in [-0.2, 0) is 21.4 Å². The van der Waals surface area contributed by atoms with E-state index in [-0.39, 0.29) is 5.91 Å². The van der Waals surface area contributed by atoms with E-state index in [4.69, 9.17) is 4.74 Å². The smallest absolute Gasteiger partial charge is 0.230 e. The van der Waals surface area contributed by atoms with Crippen LogP contribution in [0.25, 0.3) is 0 Å². The Balaban J connectivity index is 1.71. The molecule has 0 bridgehead atoms. The molecule has 6 heteroatoms. The zero-order chi connectivity index (χ0) is 18.6. The average molecular weight is 424 g/mol. The number of carbonyl (C=O) groups is 1. The van der Waals surface area contributed by atoms with Crippen LogP contribution in [0.15, 0.2) is 46.9 Å². The second-order valence-corrected chi connectivity index (χ2v) is 7.40. The van der Waals surface area contributed by atoms with Crippen molar-refractivity contribution in [3.05, 3.63) is 69.7 Å². The Bertz CT molecular complexity index is 754. The van der Waals surface area contributed by atoms with Crippen molar-refractivity contribution < 1.29 is 18.3 Å². The van der Waals surface area contributed by atoms with E-state index in [1.165, 1.54) is 12.1 Å². The van der Waals surface area contributed by atoms with Gasteiger partial charge in [0.1, 0.15) is 11.6 Å². The van der Waals surface area contributed by atoms with Crippen LogP contribution in [0.4, 0.5) is 8.78 Å². The third-order valence-corrected chi connectivity index (χ3v) is 5.33. The molecule has 3 rings (SSSR count). The molecule has 0 aromatic heterocycles. The van der Waals surface area contributed by atoms with Crippen LogP contribution >= 0.6 is 15.9 Å². The summed E-state index contributed by atoms with van der Waals surface area (Å²) in [7, 11) is 0. The first-order valence-corrected chi connectivity index (χ1v) is 9.36. The van der Waals surface area contributed by atoms with Gasteiger partial charge in [0.25, 0.3) is 0 Å². The number of benzene rings is 2. The third-order valence-electron chi connectivity index (χ3n) is 4.80. The molecular weight excluding hydrogens is 404 g/mol. The maximum Gasteiger partial charge on any atom is 0.230 e. The highest BCUT2D eigenvalue weighted by atomic mass is 79.9. The Kier molecular flexibility index (Phi) is 6.04. The SMILES string of the molecule is O=C(NCCc1cc(F)cc(F)c1)C1(c2ccc(Br)cc2)CCOCC1. The number of rotatable bonds is 5. The molecule has 1 fully saturated rings. The van der Waals surface area contributed by atoms with Crippen LogP contribution in [0.1, 0.15) is 24.0 Å². The monoisotopic (exact) mass is 423 g/mol. The van der Waals surface area contributed by atoms with Crippen LogP contribution < -0.4 is 5.32 Å². The van der Waals surface area contributed by atoms with Crippen LogP contribution in [0.5, 0.6) is 0 Å². The molecular formula is C20H20BrF2NO2. The molecule has 3 nitrogen and oxygen atoms in total. The summed E-state index contributed by atoms with van der Waals surface area (Å²) < 4.78 is 33.0. The fourth-order valence-electron chi connectivity index (χ4n) is 3.38. The van der Waals surface area contributed by atoms with Gasteiger partial charge in [0.05, 0.1) is 5.41 Å². The lowest BCUT2D eigenvalue weighted by Gasteiger charge is -2.36. The van der Waals surface area contributed by atoms with E-state index in [0.717, 1.165) is 16.1 Å². The summed E-state index contributed by atoms with van der Waals surface area (Å²) in [5, 5.41) is 2.94. The molecule has 0 unspecified atom stereocenters. The van der Waals surface area contributed by atoms with Crippen LogP contribution in [0.2, 0.25) is 0 Å². The topological polar surface area (TPSA) is 38.3 Å². The summed E-state index contributed by atoms with van der Waals surface area (Å²) in [4.78, 5) is 13.0. The largest absolute Gasteiger partial charge is 0.381 e. The predicted molar refractivity (Wildman–Crippen MR) is 98.9 cm³/mol. The van der Waals surface area contributed by atoms with E-state index in [2.05, 4.69) is 21.2 Å². The van der Waals surface area contributed by atoms with Crippen molar-refractivity contribution in [1.29, 1.82) is 0 Å². The van der Waals surface area contributed by atoms with Crippen molar-refractivity contribution in [1.82, 2.24) is 5.32 Å². The van der Waals surface area contributed by atoms with Gasteiger partial charge in [-0.05, 0) is 54.7 Å². The van der Waals surface area contributed by atoms with Gasteiger partial charge in [0, 0.05) is 30.3 Å². The molecule has 1 aliphatic heterocycles. The second-order valence-electron chi connectivity index (χ2n) is 6.48. The van der Waals surface area contributed by atoms with E-state index in [0.29, 0.717) is 44.6 Å². The van der Waals surface area contributed by atoms with Crippen molar-refractivity contribution >= 4 is 21.8 Å². The zero-order valence-electron chi connectivity index (χ0n) is 14.2. The van der Waals surface area contributed by atoms with Crippen LogP contribution in [-0.4, -0.2) is 25.7 Å². The standard InChI is InChI=1S/C20H20BrF2NO2/c21-16-3-1-15(2-4-16)20(6-9-26-10-7-20)19(25)24-8-5-14-11-17(22)13-18(23)12-14/h1-4,11-13H,5-10H2,(H,24,25). The normalized spacial score (nSPS) is 16.3. The average Bonchev–Trinajstić information content (AvgIpc) is 2.62. The van der Waals surface area contributed by atoms with Gasteiger partial charge in [0.15, 0.2) is 0 Å². The predicted octanol–water partition coefficient (Wildman–Crippen LogP) is 4.13. The summed E-state index contributed by atoms with van der Waals surface area (Å²) in [6, 6.07) is 11.2. The lowest BCUT2D eigenvalue weighted by atomic mass is 9.73. The van der Waals surface area contributed by atoms with Gasteiger partial charge >= 0.3 is 0 Å². The number of amides is 1. The maximum absolute atomic E-state index is 13.3. The molecule has 0 atom stereocenters. The van der Waals surface area contributed by atoms with Crippen LogP contribution in [0, 0.1) is 11.6 Å². The molecule has 2 aromatic carbocycles. The lowest BCUT2D eigenvalue weighted by molar-refractivity contribution is -0.130. The number of carbonyl (C=O) groups excluding carboxylic acids is 1. The fraction of sp³-hybridized carbons (Fsp3) is 0.350. The van der Waals surface area contributed by atoms with E-state index in [1.807, 2.05) is 24.3 Å². The van der Waals surface area contributed by atoms with Crippen molar-refractivity contribution in [2.45, 2.75) is 24.7 Å². The lowest BCUT2D eigenvalue weighted by Crippen LogP contribution is -2.48. The molecule has 0 radical (unpaired) electrons. The van der Waals surface area contributed by atoms with Crippen molar-refractivity contribution in [3.63, 3.8) is 0 Å². The highest BCUT2D eigenvalue weighted by molar-refractivity contribution is 9.10. The van der Waals surface area contributed by atoms with Gasteiger partial charge in [-0.15, -0.1) is 0 Å².